The van der Waals surface area contributed by atoms with Crippen molar-refractivity contribution in [2.24, 2.45) is 5.73 Å². The maximum atomic E-state index is 14.1. The molecule has 0 amide bonds. The first-order valence-corrected chi connectivity index (χ1v) is 6.51. The van der Waals surface area contributed by atoms with Crippen LogP contribution in [0.3, 0.4) is 0 Å². The van der Waals surface area contributed by atoms with Gasteiger partial charge < -0.3 is 10.5 Å². The van der Waals surface area contributed by atoms with Gasteiger partial charge in [0.2, 0.25) is 0 Å². The second kappa shape index (κ2) is 5.81. The first kappa shape index (κ1) is 15.1. The summed E-state index contributed by atoms with van der Waals surface area (Å²) < 4.78 is 19.9. The lowest BCUT2D eigenvalue weighted by Crippen LogP contribution is -2.41. The van der Waals surface area contributed by atoms with Crippen molar-refractivity contribution in [3.63, 3.8) is 0 Å². The molecule has 18 heavy (non-hydrogen) atoms. The Labute approximate surface area is 109 Å². The zero-order chi connectivity index (χ0) is 13.9. The zero-order valence-corrected chi connectivity index (χ0v) is 12.0. The number of nitrogens with two attached hydrogens (primary N) is 1. The number of ether oxygens (including phenoxy) is 1. The minimum absolute atomic E-state index is 0.237. The average Bonchev–Trinajstić information content (AvgIpc) is 2.27. The summed E-state index contributed by atoms with van der Waals surface area (Å²) in [5, 5.41) is 0. The topological polar surface area (TPSA) is 35.2 Å². The number of rotatable bonds is 5. The monoisotopic (exact) mass is 253 g/mol. The van der Waals surface area contributed by atoms with Crippen LogP contribution in [0, 0.1) is 19.7 Å². The molecule has 2 nitrogen and oxygen atoms in total. The molecule has 0 aliphatic heterocycles. The molecule has 0 aliphatic rings. The summed E-state index contributed by atoms with van der Waals surface area (Å²) in [6.07, 6.45) is 0.745. The minimum Gasteiger partial charge on any atom is -0.374 e. The van der Waals surface area contributed by atoms with Crippen molar-refractivity contribution in [2.45, 2.75) is 52.7 Å². The second-order valence-corrected chi connectivity index (χ2v) is 5.05. The van der Waals surface area contributed by atoms with E-state index in [9.17, 15) is 4.39 Å². The van der Waals surface area contributed by atoms with Gasteiger partial charge in [-0.2, -0.15) is 0 Å². The maximum Gasteiger partial charge on any atom is 0.128 e. The Kier molecular flexibility index (Phi) is 4.88. The van der Waals surface area contributed by atoms with Gasteiger partial charge in [0, 0.05) is 12.2 Å². The molecule has 1 rings (SSSR count). The number of aryl methyl sites for hydroxylation is 2. The van der Waals surface area contributed by atoms with Gasteiger partial charge in [-0.05, 0) is 51.3 Å². The maximum absolute atomic E-state index is 14.1. The standard InChI is InChI=1S/C15H24FNO/c1-6-15(5,18-7-2)14(17)13-11(4)8-10(3)9-12(13)16/h8-9,14H,6-7,17H2,1-5H3. The van der Waals surface area contributed by atoms with Crippen LogP contribution in [0.25, 0.3) is 0 Å². The largest absolute Gasteiger partial charge is 0.374 e. The van der Waals surface area contributed by atoms with E-state index in [0.29, 0.717) is 12.2 Å². The van der Waals surface area contributed by atoms with E-state index in [4.69, 9.17) is 10.5 Å². The molecule has 1 aromatic carbocycles. The summed E-state index contributed by atoms with van der Waals surface area (Å²) in [5.74, 6) is -0.237. The molecule has 2 unspecified atom stereocenters. The zero-order valence-electron chi connectivity index (χ0n) is 12.0. The molecule has 3 heteroatoms. The molecule has 0 heterocycles. The summed E-state index contributed by atoms with van der Waals surface area (Å²) in [7, 11) is 0. The first-order chi connectivity index (χ1) is 8.35. The van der Waals surface area contributed by atoms with Gasteiger partial charge in [-0.15, -0.1) is 0 Å². The Balaban J connectivity index is 3.21. The molecule has 0 fully saturated rings. The first-order valence-electron chi connectivity index (χ1n) is 6.51. The molecule has 0 radical (unpaired) electrons. The van der Waals surface area contributed by atoms with Crippen molar-refractivity contribution in [1.82, 2.24) is 0 Å². The molecule has 1 aromatic rings. The number of benzene rings is 1. The smallest absolute Gasteiger partial charge is 0.128 e. The van der Waals surface area contributed by atoms with Gasteiger partial charge in [-0.3, -0.25) is 0 Å². The van der Waals surface area contributed by atoms with Crippen LogP contribution < -0.4 is 5.73 Å². The third kappa shape index (κ3) is 2.90. The highest BCUT2D eigenvalue weighted by molar-refractivity contribution is 5.35. The van der Waals surface area contributed by atoms with Crippen molar-refractivity contribution in [1.29, 1.82) is 0 Å². The van der Waals surface area contributed by atoms with E-state index < -0.39 is 11.6 Å². The van der Waals surface area contributed by atoms with Crippen molar-refractivity contribution < 1.29 is 9.13 Å². The third-order valence-electron chi connectivity index (χ3n) is 3.63. The molecule has 0 aromatic heterocycles. The van der Waals surface area contributed by atoms with E-state index >= 15 is 0 Å². The normalized spacial score (nSPS) is 16.4. The highest BCUT2D eigenvalue weighted by Gasteiger charge is 2.34. The highest BCUT2D eigenvalue weighted by atomic mass is 19.1. The van der Waals surface area contributed by atoms with Gasteiger partial charge in [0.15, 0.2) is 0 Å². The summed E-state index contributed by atoms with van der Waals surface area (Å²) in [6, 6.07) is 3.04. The average molecular weight is 253 g/mol. The molecule has 0 spiro atoms. The Bertz CT molecular complexity index is 396. The van der Waals surface area contributed by atoms with Crippen LogP contribution in [-0.2, 0) is 4.74 Å². The Morgan fingerprint density at radius 2 is 1.94 bits per heavy atom. The fourth-order valence-corrected chi connectivity index (χ4v) is 2.37. The minimum atomic E-state index is -0.532. The van der Waals surface area contributed by atoms with Crippen molar-refractivity contribution in [2.75, 3.05) is 6.61 Å². The van der Waals surface area contributed by atoms with E-state index in [-0.39, 0.29) is 5.82 Å². The van der Waals surface area contributed by atoms with Crippen LogP contribution in [0.5, 0.6) is 0 Å². The van der Waals surface area contributed by atoms with Gasteiger partial charge in [-0.1, -0.05) is 13.0 Å². The predicted octanol–water partition coefficient (Wildman–Crippen LogP) is 3.65. The van der Waals surface area contributed by atoms with Crippen LogP contribution in [0.2, 0.25) is 0 Å². The Morgan fingerprint density at radius 1 is 1.33 bits per heavy atom. The van der Waals surface area contributed by atoms with E-state index in [1.165, 1.54) is 6.07 Å². The lowest BCUT2D eigenvalue weighted by molar-refractivity contribution is -0.0480. The predicted molar refractivity (Wildman–Crippen MR) is 73.1 cm³/mol. The van der Waals surface area contributed by atoms with E-state index in [1.807, 2.05) is 40.7 Å². The van der Waals surface area contributed by atoms with Gasteiger partial charge >= 0.3 is 0 Å². The highest BCUT2D eigenvalue weighted by Crippen LogP contribution is 2.33. The van der Waals surface area contributed by atoms with Gasteiger partial charge in [-0.25, -0.2) is 4.39 Å². The molecular formula is C15H24FNO. The van der Waals surface area contributed by atoms with Gasteiger partial charge in [0.1, 0.15) is 5.82 Å². The van der Waals surface area contributed by atoms with Crippen LogP contribution in [0.4, 0.5) is 4.39 Å². The van der Waals surface area contributed by atoms with Crippen LogP contribution in [-0.4, -0.2) is 12.2 Å². The molecule has 0 aliphatic carbocycles. The molecular weight excluding hydrogens is 229 g/mol. The number of hydrogen-bond acceptors (Lipinski definition) is 2. The summed E-state index contributed by atoms with van der Waals surface area (Å²) in [5.41, 5.74) is 8.09. The number of halogens is 1. The van der Waals surface area contributed by atoms with E-state index in [0.717, 1.165) is 17.5 Å². The second-order valence-electron chi connectivity index (χ2n) is 5.05. The number of hydrogen-bond donors (Lipinski definition) is 1. The lowest BCUT2D eigenvalue weighted by atomic mass is 9.85. The lowest BCUT2D eigenvalue weighted by Gasteiger charge is -2.35. The van der Waals surface area contributed by atoms with E-state index in [2.05, 4.69) is 0 Å². The molecule has 2 N–H and O–H groups in total. The van der Waals surface area contributed by atoms with Crippen molar-refractivity contribution in [3.05, 3.63) is 34.6 Å². The fourth-order valence-electron chi connectivity index (χ4n) is 2.37. The summed E-state index contributed by atoms with van der Waals surface area (Å²) >= 11 is 0. The quantitative estimate of drug-likeness (QED) is 0.869. The van der Waals surface area contributed by atoms with Crippen molar-refractivity contribution in [3.8, 4) is 0 Å². The van der Waals surface area contributed by atoms with Gasteiger partial charge in [0.05, 0.1) is 11.6 Å². The summed E-state index contributed by atoms with van der Waals surface area (Å²) in [4.78, 5) is 0. The molecule has 2 atom stereocenters. The van der Waals surface area contributed by atoms with E-state index in [1.54, 1.807) is 0 Å². The molecule has 0 bridgehead atoms. The molecule has 0 saturated heterocycles. The van der Waals surface area contributed by atoms with Crippen LogP contribution >= 0.6 is 0 Å². The van der Waals surface area contributed by atoms with Gasteiger partial charge in [0.25, 0.3) is 0 Å². The van der Waals surface area contributed by atoms with Crippen LogP contribution in [0.15, 0.2) is 12.1 Å². The summed E-state index contributed by atoms with van der Waals surface area (Å²) in [6.45, 7) is 10.2. The fraction of sp³-hybridized carbons (Fsp3) is 0.600. The Morgan fingerprint density at radius 3 is 2.39 bits per heavy atom. The van der Waals surface area contributed by atoms with Crippen LogP contribution in [0.1, 0.15) is 49.9 Å². The molecule has 102 valence electrons. The van der Waals surface area contributed by atoms with Crippen molar-refractivity contribution >= 4 is 0 Å². The molecule has 0 saturated carbocycles. The SMILES string of the molecule is CCOC(C)(CC)C(N)c1c(C)cc(C)cc1F. The third-order valence-corrected chi connectivity index (χ3v) is 3.63. The Hall–Kier alpha value is -0.930.